The van der Waals surface area contributed by atoms with Crippen LogP contribution in [0.2, 0.25) is 5.28 Å². The van der Waals surface area contributed by atoms with Crippen molar-refractivity contribution in [3.8, 4) is 0 Å². The number of fused-ring (bicyclic) bond motifs is 1. The van der Waals surface area contributed by atoms with Crippen LogP contribution in [-0.2, 0) is 0 Å². The molecule has 1 aliphatic carbocycles. The second kappa shape index (κ2) is 5.05. The Kier molecular flexibility index (Phi) is 3.38. The lowest BCUT2D eigenvalue weighted by Gasteiger charge is -2.09. The molecular formula is C14H17ClN4O. The average molecular weight is 293 g/mol. The zero-order valence-electron chi connectivity index (χ0n) is 11.6. The fraction of sp³-hybridized carbons (Fsp3) is 0.500. The Bertz CT molecular complexity index is 658. The molecule has 106 valence electrons. The van der Waals surface area contributed by atoms with Crippen molar-refractivity contribution in [2.24, 2.45) is 0 Å². The Labute approximate surface area is 122 Å². The van der Waals surface area contributed by atoms with Gasteiger partial charge < -0.3 is 9.88 Å². The summed E-state index contributed by atoms with van der Waals surface area (Å²) in [5.41, 5.74) is 2.16. The number of carbonyl (C=O) groups excluding carboxylic acids is 1. The zero-order valence-corrected chi connectivity index (χ0v) is 12.4. The van der Waals surface area contributed by atoms with E-state index in [-0.39, 0.29) is 11.2 Å². The molecule has 1 fully saturated rings. The van der Waals surface area contributed by atoms with Crippen molar-refractivity contribution < 1.29 is 4.79 Å². The first kappa shape index (κ1) is 13.4. The number of nitrogens with one attached hydrogen (secondary N) is 1. The van der Waals surface area contributed by atoms with Gasteiger partial charge in [0.05, 0.1) is 5.69 Å². The predicted octanol–water partition coefficient (Wildman–Crippen LogP) is 2.97. The molecule has 6 heteroatoms. The smallest absolute Gasteiger partial charge is 0.269 e. The molecule has 0 aliphatic heterocycles. The summed E-state index contributed by atoms with van der Waals surface area (Å²) >= 11 is 6.02. The number of H-pyrrole nitrogens is 1. The van der Waals surface area contributed by atoms with Crippen LogP contribution in [0.4, 0.5) is 0 Å². The molecule has 0 atom stereocenters. The highest BCUT2D eigenvalue weighted by atomic mass is 35.5. The molecule has 0 bridgehead atoms. The Hall–Kier alpha value is -1.62. The maximum Gasteiger partial charge on any atom is 0.269 e. The van der Waals surface area contributed by atoms with Gasteiger partial charge in [0.15, 0.2) is 0 Å². The third-order valence-corrected chi connectivity index (χ3v) is 4.04. The lowest BCUT2D eigenvalue weighted by molar-refractivity contribution is 0.0823. The molecule has 3 rings (SSSR count). The molecule has 5 nitrogen and oxygen atoms in total. The van der Waals surface area contributed by atoms with Crippen LogP contribution in [0.25, 0.3) is 11.0 Å². The van der Waals surface area contributed by atoms with Gasteiger partial charge in [-0.3, -0.25) is 4.79 Å². The van der Waals surface area contributed by atoms with Crippen molar-refractivity contribution in [3.05, 3.63) is 22.7 Å². The summed E-state index contributed by atoms with van der Waals surface area (Å²) in [5, 5.41) is 1.16. The molecule has 1 saturated carbocycles. The van der Waals surface area contributed by atoms with Crippen LogP contribution in [0.3, 0.4) is 0 Å². The van der Waals surface area contributed by atoms with Crippen molar-refractivity contribution >= 4 is 28.5 Å². The summed E-state index contributed by atoms with van der Waals surface area (Å²) in [6.45, 7) is 0. The quantitative estimate of drug-likeness (QED) is 0.866. The normalized spacial score (nSPS) is 15.9. The monoisotopic (exact) mass is 292 g/mol. The Balaban J connectivity index is 2.12. The molecule has 0 spiro atoms. The Morgan fingerprint density at radius 3 is 2.70 bits per heavy atom. The number of aromatic amines is 1. The van der Waals surface area contributed by atoms with Crippen molar-refractivity contribution in [3.63, 3.8) is 0 Å². The summed E-state index contributed by atoms with van der Waals surface area (Å²) in [4.78, 5) is 25.2. The lowest BCUT2D eigenvalue weighted by atomic mass is 10.0. The van der Waals surface area contributed by atoms with Gasteiger partial charge in [-0.25, -0.2) is 4.98 Å². The van der Waals surface area contributed by atoms with Crippen molar-refractivity contribution in [1.29, 1.82) is 0 Å². The molecule has 2 aromatic rings. The van der Waals surface area contributed by atoms with Crippen molar-refractivity contribution in [2.45, 2.75) is 31.6 Å². The third-order valence-electron chi connectivity index (χ3n) is 3.87. The zero-order chi connectivity index (χ0) is 14.3. The number of halogens is 1. The van der Waals surface area contributed by atoms with Crippen LogP contribution in [0.15, 0.2) is 6.07 Å². The highest BCUT2D eigenvalue weighted by Crippen LogP contribution is 2.36. The predicted molar refractivity (Wildman–Crippen MR) is 78.1 cm³/mol. The molecule has 0 aromatic carbocycles. The Morgan fingerprint density at radius 2 is 2.05 bits per heavy atom. The first-order chi connectivity index (χ1) is 9.56. The number of rotatable bonds is 2. The van der Waals surface area contributed by atoms with Gasteiger partial charge in [-0.2, -0.15) is 4.98 Å². The molecule has 0 saturated heterocycles. The van der Waals surface area contributed by atoms with Crippen molar-refractivity contribution in [2.75, 3.05) is 14.1 Å². The van der Waals surface area contributed by atoms with E-state index in [9.17, 15) is 4.79 Å². The summed E-state index contributed by atoms with van der Waals surface area (Å²) < 4.78 is 0. The Morgan fingerprint density at radius 1 is 1.35 bits per heavy atom. The van der Waals surface area contributed by atoms with Gasteiger partial charge in [-0.1, -0.05) is 12.8 Å². The van der Waals surface area contributed by atoms with Crippen LogP contribution in [0, 0.1) is 0 Å². The summed E-state index contributed by atoms with van der Waals surface area (Å²) in [7, 11) is 3.45. The number of hydrogen-bond donors (Lipinski definition) is 1. The highest BCUT2D eigenvalue weighted by Gasteiger charge is 2.23. The van der Waals surface area contributed by atoms with Gasteiger partial charge in [0, 0.05) is 25.4 Å². The van der Waals surface area contributed by atoms with Gasteiger partial charge in [-0.05, 0) is 30.5 Å². The number of nitrogens with zero attached hydrogens (tertiary/aromatic N) is 3. The minimum absolute atomic E-state index is 0.0727. The lowest BCUT2D eigenvalue weighted by Crippen LogP contribution is -2.21. The maximum atomic E-state index is 12.0. The largest absolute Gasteiger partial charge is 0.344 e. The van der Waals surface area contributed by atoms with E-state index < -0.39 is 0 Å². The van der Waals surface area contributed by atoms with E-state index in [0.29, 0.717) is 17.3 Å². The summed E-state index contributed by atoms with van der Waals surface area (Å²) in [5.74, 6) is 0.354. The SMILES string of the molecule is CN(C)C(=O)c1cc2c(C3CCCC3)nc(Cl)nc2[nH]1. The number of hydrogen-bond acceptors (Lipinski definition) is 3. The second-order valence-electron chi connectivity index (χ2n) is 5.50. The van der Waals surface area contributed by atoms with Crippen LogP contribution < -0.4 is 0 Å². The molecule has 0 radical (unpaired) electrons. The number of carbonyl (C=O) groups is 1. The van der Waals surface area contributed by atoms with E-state index in [1.54, 1.807) is 14.1 Å². The highest BCUT2D eigenvalue weighted by molar-refractivity contribution is 6.28. The van der Waals surface area contributed by atoms with Crippen LogP contribution in [0.1, 0.15) is 47.8 Å². The van der Waals surface area contributed by atoms with Gasteiger partial charge in [-0.15, -0.1) is 0 Å². The molecular weight excluding hydrogens is 276 g/mol. The van der Waals surface area contributed by atoms with Crippen LogP contribution in [-0.4, -0.2) is 39.9 Å². The average Bonchev–Trinajstić information content (AvgIpc) is 3.05. The first-order valence-corrected chi connectivity index (χ1v) is 7.22. The molecule has 1 N–H and O–H groups in total. The number of aromatic nitrogens is 3. The summed E-state index contributed by atoms with van der Waals surface area (Å²) in [6, 6.07) is 1.85. The molecule has 2 aromatic heterocycles. The van der Waals surface area contributed by atoms with Gasteiger partial charge in [0.1, 0.15) is 11.3 Å². The first-order valence-electron chi connectivity index (χ1n) is 6.84. The minimum atomic E-state index is -0.0727. The van der Waals surface area contributed by atoms with E-state index >= 15 is 0 Å². The maximum absolute atomic E-state index is 12.0. The second-order valence-corrected chi connectivity index (χ2v) is 5.84. The minimum Gasteiger partial charge on any atom is -0.344 e. The number of amides is 1. The third kappa shape index (κ3) is 2.26. The molecule has 2 heterocycles. The van der Waals surface area contributed by atoms with E-state index in [1.807, 2.05) is 6.07 Å². The van der Waals surface area contributed by atoms with Gasteiger partial charge in [0.25, 0.3) is 5.91 Å². The van der Waals surface area contributed by atoms with Gasteiger partial charge in [0.2, 0.25) is 5.28 Å². The summed E-state index contributed by atoms with van der Waals surface area (Å²) in [6.07, 6.45) is 4.71. The van der Waals surface area contributed by atoms with Crippen LogP contribution in [0.5, 0.6) is 0 Å². The van der Waals surface area contributed by atoms with Gasteiger partial charge >= 0.3 is 0 Å². The van der Waals surface area contributed by atoms with Crippen LogP contribution >= 0.6 is 11.6 Å². The van der Waals surface area contributed by atoms with E-state index in [0.717, 1.165) is 23.9 Å². The fourth-order valence-electron chi connectivity index (χ4n) is 2.87. The van der Waals surface area contributed by atoms with E-state index in [1.165, 1.54) is 17.7 Å². The molecule has 1 aliphatic rings. The van der Waals surface area contributed by atoms with Crippen molar-refractivity contribution in [1.82, 2.24) is 19.9 Å². The molecule has 1 amide bonds. The van der Waals surface area contributed by atoms with E-state index in [4.69, 9.17) is 11.6 Å². The molecule has 0 unspecified atom stereocenters. The van der Waals surface area contributed by atoms with E-state index in [2.05, 4.69) is 15.0 Å². The fourth-order valence-corrected chi connectivity index (χ4v) is 3.05. The standard InChI is InChI=1S/C14H17ClN4O/c1-19(2)13(20)10-7-9-11(8-5-3-4-6-8)17-14(15)18-12(9)16-10/h7-8H,3-6H2,1-2H3,(H,16,17,18). The topological polar surface area (TPSA) is 61.9 Å². The molecule has 20 heavy (non-hydrogen) atoms.